The van der Waals surface area contributed by atoms with E-state index in [1.807, 2.05) is 19.1 Å². The van der Waals surface area contributed by atoms with Gasteiger partial charge in [0.2, 0.25) is 0 Å². The highest BCUT2D eigenvalue weighted by molar-refractivity contribution is 7.80. The fraction of sp³-hybridized carbons (Fsp3) is 0.231. The third kappa shape index (κ3) is 3.05. The van der Waals surface area contributed by atoms with E-state index in [1.54, 1.807) is 11.3 Å². The zero-order valence-corrected chi connectivity index (χ0v) is 12.0. The van der Waals surface area contributed by atoms with Crippen molar-refractivity contribution in [3.8, 4) is 0 Å². The number of nitrogens with one attached hydrogen (secondary N) is 1. The minimum Gasteiger partial charge on any atom is -0.389 e. The minimum absolute atomic E-state index is 0.398. The maximum absolute atomic E-state index is 5.64. The summed E-state index contributed by atoms with van der Waals surface area (Å²) in [5.41, 5.74) is 9.99. The Labute approximate surface area is 116 Å². The molecule has 94 valence electrons. The van der Waals surface area contributed by atoms with Crippen LogP contribution in [0.4, 0.5) is 5.82 Å². The number of aryl methyl sites for hydroxylation is 2. The van der Waals surface area contributed by atoms with E-state index in [-0.39, 0.29) is 0 Å². The fourth-order valence-corrected chi connectivity index (χ4v) is 2.63. The summed E-state index contributed by atoms with van der Waals surface area (Å²) in [5, 5.41) is 7.59. The lowest BCUT2D eigenvalue weighted by atomic mass is 10.2. The molecule has 0 aromatic carbocycles. The molecule has 18 heavy (non-hydrogen) atoms. The molecule has 3 nitrogen and oxygen atoms in total. The standard InChI is InChI=1S/C13H15N3S2/c1-8-6-18-7-11(8)5-15-12-4-10(13(14)17)3-9(2)16-12/h3-4,6-7H,5H2,1-2H3,(H2,14,17)(H,15,16). The smallest absolute Gasteiger partial charge is 0.127 e. The minimum atomic E-state index is 0.398. The molecule has 0 unspecified atom stereocenters. The van der Waals surface area contributed by atoms with Crippen LogP contribution in [0, 0.1) is 13.8 Å². The normalized spacial score (nSPS) is 10.3. The largest absolute Gasteiger partial charge is 0.389 e. The SMILES string of the molecule is Cc1cc(C(N)=S)cc(NCc2cscc2C)n1. The Morgan fingerprint density at radius 2 is 2.17 bits per heavy atom. The molecule has 3 N–H and O–H groups in total. The summed E-state index contributed by atoms with van der Waals surface area (Å²) in [6, 6.07) is 3.78. The molecule has 5 heteroatoms. The summed E-state index contributed by atoms with van der Waals surface area (Å²) in [5.74, 6) is 0.809. The van der Waals surface area contributed by atoms with E-state index >= 15 is 0 Å². The van der Waals surface area contributed by atoms with E-state index in [2.05, 4.69) is 28.0 Å². The van der Waals surface area contributed by atoms with Gasteiger partial charge in [0.1, 0.15) is 10.8 Å². The van der Waals surface area contributed by atoms with Crippen molar-refractivity contribution in [2.75, 3.05) is 5.32 Å². The highest BCUT2D eigenvalue weighted by Crippen LogP contribution is 2.16. The Balaban J connectivity index is 2.14. The van der Waals surface area contributed by atoms with Gasteiger partial charge in [-0.3, -0.25) is 0 Å². The van der Waals surface area contributed by atoms with Crippen molar-refractivity contribution in [3.63, 3.8) is 0 Å². The third-order valence-electron chi connectivity index (χ3n) is 2.66. The van der Waals surface area contributed by atoms with Gasteiger partial charge in [-0.15, -0.1) is 0 Å². The Bertz CT molecular complexity index is 575. The van der Waals surface area contributed by atoms with E-state index in [0.717, 1.165) is 23.6 Å². The summed E-state index contributed by atoms with van der Waals surface area (Å²) in [6.07, 6.45) is 0. The van der Waals surface area contributed by atoms with Crippen LogP contribution in [-0.4, -0.2) is 9.97 Å². The average molecular weight is 277 g/mol. The number of rotatable bonds is 4. The van der Waals surface area contributed by atoms with Crippen molar-refractivity contribution < 1.29 is 0 Å². The first-order valence-corrected chi connectivity index (χ1v) is 6.95. The molecule has 0 amide bonds. The van der Waals surface area contributed by atoms with E-state index in [9.17, 15) is 0 Å². The van der Waals surface area contributed by atoms with Gasteiger partial charge in [0.25, 0.3) is 0 Å². The van der Waals surface area contributed by atoms with E-state index in [1.165, 1.54) is 11.1 Å². The van der Waals surface area contributed by atoms with Crippen LogP contribution in [0.1, 0.15) is 22.4 Å². The predicted molar refractivity (Wildman–Crippen MR) is 81.2 cm³/mol. The van der Waals surface area contributed by atoms with Crippen LogP contribution < -0.4 is 11.1 Å². The van der Waals surface area contributed by atoms with Crippen molar-refractivity contribution in [2.45, 2.75) is 20.4 Å². The van der Waals surface area contributed by atoms with Gasteiger partial charge in [-0.1, -0.05) is 12.2 Å². The highest BCUT2D eigenvalue weighted by Gasteiger charge is 2.04. The molecule has 0 aliphatic rings. The monoisotopic (exact) mass is 277 g/mol. The number of hydrogen-bond donors (Lipinski definition) is 2. The molecule has 0 atom stereocenters. The maximum Gasteiger partial charge on any atom is 0.127 e. The predicted octanol–water partition coefficient (Wildman–Crippen LogP) is 3.01. The molecule has 0 spiro atoms. The second-order valence-corrected chi connectivity index (χ2v) is 5.36. The van der Waals surface area contributed by atoms with Gasteiger partial charge in [-0.25, -0.2) is 4.98 Å². The maximum atomic E-state index is 5.64. The molecular formula is C13H15N3S2. The van der Waals surface area contributed by atoms with Gasteiger partial charge in [-0.2, -0.15) is 11.3 Å². The van der Waals surface area contributed by atoms with Crippen molar-refractivity contribution in [1.29, 1.82) is 0 Å². The first-order valence-electron chi connectivity index (χ1n) is 5.60. The second kappa shape index (κ2) is 5.46. The lowest BCUT2D eigenvalue weighted by Gasteiger charge is -2.08. The number of hydrogen-bond acceptors (Lipinski definition) is 4. The lowest BCUT2D eigenvalue weighted by molar-refractivity contribution is 1.08. The van der Waals surface area contributed by atoms with Crippen LogP contribution in [0.2, 0.25) is 0 Å². The van der Waals surface area contributed by atoms with E-state index in [0.29, 0.717) is 4.99 Å². The summed E-state index contributed by atoms with van der Waals surface area (Å²) in [7, 11) is 0. The van der Waals surface area contributed by atoms with Crippen LogP contribution in [-0.2, 0) is 6.54 Å². The van der Waals surface area contributed by atoms with Crippen LogP contribution in [0.25, 0.3) is 0 Å². The van der Waals surface area contributed by atoms with Gasteiger partial charge >= 0.3 is 0 Å². The lowest BCUT2D eigenvalue weighted by Crippen LogP contribution is -2.11. The topological polar surface area (TPSA) is 50.9 Å². The fourth-order valence-electron chi connectivity index (χ4n) is 1.66. The van der Waals surface area contributed by atoms with Crippen LogP contribution in [0.5, 0.6) is 0 Å². The van der Waals surface area contributed by atoms with Gasteiger partial charge in [0.05, 0.1) is 0 Å². The molecule has 2 aromatic heterocycles. The highest BCUT2D eigenvalue weighted by atomic mass is 32.1. The zero-order valence-electron chi connectivity index (χ0n) is 10.4. The molecule has 0 saturated heterocycles. The Kier molecular flexibility index (Phi) is 3.93. The number of nitrogens with two attached hydrogens (primary N) is 1. The average Bonchev–Trinajstić information content (AvgIpc) is 2.71. The second-order valence-electron chi connectivity index (χ2n) is 4.18. The summed E-state index contributed by atoms with van der Waals surface area (Å²) >= 11 is 6.70. The van der Waals surface area contributed by atoms with Gasteiger partial charge in [-0.05, 0) is 47.9 Å². The van der Waals surface area contributed by atoms with Crippen LogP contribution >= 0.6 is 23.6 Å². The van der Waals surface area contributed by atoms with Crippen LogP contribution in [0.3, 0.4) is 0 Å². The van der Waals surface area contributed by atoms with Gasteiger partial charge in [0.15, 0.2) is 0 Å². The number of anilines is 1. The van der Waals surface area contributed by atoms with Crippen molar-refractivity contribution in [2.24, 2.45) is 5.73 Å². The molecule has 0 radical (unpaired) electrons. The molecule has 0 aliphatic carbocycles. The molecule has 2 rings (SSSR count). The summed E-state index contributed by atoms with van der Waals surface area (Å²) in [6.45, 7) is 4.81. The first-order chi connectivity index (χ1) is 8.56. The quantitative estimate of drug-likeness (QED) is 0.844. The Morgan fingerprint density at radius 1 is 1.39 bits per heavy atom. The number of thiophene rings is 1. The molecule has 0 bridgehead atoms. The Hall–Kier alpha value is -1.46. The van der Waals surface area contributed by atoms with Gasteiger partial charge < -0.3 is 11.1 Å². The molecule has 2 heterocycles. The molecule has 0 saturated carbocycles. The summed E-state index contributed by atoms with van der Waals surface area (Å²) in [4.78, 5) is 4.82. The van der Waals surface area contributed by atoms with Crippen molar-refractivity contribution >= 4 is 34.4 Å². The molecular weight excluding hydrogens is 262 g/mol. The molecule has 0 aliphatic heterocycles. The first kappa shape index (κ1) is 13.0. The number of thiocarbonyl (C=S) groups is 1. The number of pyridine rings is 1. The molecule has 0 fully saturated rings. The zero-order chi connectivity index (χ0) is 13.1. The third-order valence-corrected chi connectivity index (χ3v) is 3.81. The summed E-state index contributed by atoms with van der Waals surface area (Å²) < 4.78 is 0. The van der Waals surface area contributed by atoms with E-state index in [4.69, 9.17) is 18.0 Å². The van der Waals surface area contributed by atoms with Gasteiger partial charge in [0, 0.05) is 17.8 Å². The Morgan fingerprint density at radius 3 is 2.78 bits per heavy atom. The van der Waals surface area contributed by atoms with Crippen molar-refractivity contribution in [3.05, 3.63) is 45.3 Å². The van der Waals surface area contributed by atoms with Crippen LogP contribution in [0.15, 0.2) is 22.9 Å². The molecule has 2 aromatic rings. The van der Waals surface area contributed by atoms with E-state index < -0.39 is 0 Å². The number of nitrogens with zero attached hydrogens (tertiary/aromatic N) is 1. The number of aromatic nitrogens is 1. The van der Waals surface area contributed by atoms with Crippen molar-refractivity contribution in [1.82, 2.24) is 4.98 Å².